The summed E-state index contributed by atoms with van der Waals surface area (Å²) in [6.45, 7) is 2.89. The van der Waals surface area contributed by atoms with Crippen molar-refractivity contribution in [2.24, 2.45) is 5.41 Å². The second-order valence-electron chi connectivity index (χ2n) is 7.08. The minimum atomic E-state index is -0.788. The molecule has 0 aromatic heterocycles. The number of nitrogens with zero attached hydrogens (tertiary/aromatic N) is 1. The number of aliphatic carboxylic acids is 1. The molecule has 5 heteroatoms. The zero-order valence-electron chi connectivity index (χ0n) is 14.4. The van der Waals surface area contributed by atoms with Crippen LogP contribution in [0, 0.1) is 5.41 Å². The van der Waals surface area contributed by atoms with Crippen LogP contribution in [0.15, 0.2) is 24.3 Å². The molecule has 0 radical (unpaired) electrons. The van der Waals surface area contributed by atoms with Crippen LogP contribution in [0.25, 0.3) is 0 Å². The molecule has 1 saturated carbocycles. The van der Waals surface area contributed by atoms with E-state index in [4.69, 9.17) is 4.74 Å². The fraction of sp³-hybridized carbons (Fsp3) is 0.579. The highest BCUT2D eigenvalue weighted by molar-refractivity contribution is 5.92. The number of carboxylic acid groups (broad SMARTS) is 1. The number of hydrogen-bond acceptors (Lipinski definition) is 3. The first kappa shape index (κ1) is 16.8. The van der Waals surface area contributed by atoms with Gasteiger partial charge in [0.1, 0.15) is 5.75 Å². The summed E-state index contributed by atoms with van der Waals surface area (Å²) in [6, 6.07) is 7.68. The van der Waals surface area contributed by atoms with Gasteiger partial charge in [-0.05, 0) is 49.8 Å². The van der Waals surface area contributed by atoms with E-state index in [1.807, 2.05) is 31.2 Å². The summed E-state index contributed by atoms with van der Waals surface area (Å²) in [5.41, 5.74) is -0.234. The van der Waals surface area contributed by atoms with E-state index in [1.165, 1.54) is 0 Å². The zero-order valence-corrected chi connectivity index (χ0v) is 14.4. The molecular weight excluding hydrogens is 306 g/mol. The van der Waals surface area contributed by atoms with Gasteiger partial charge in [-0.2, -0.15) is 0 Å². The maximum absolute atomic E-state index is 13.2. The number of benzene rings is 1. The van der Waals surface area contributed by atoms with Crippen molar-refractivity contribution in [1.82, 2.24) is 4.90 Å². The molecule has 1 aromatic rings. The first-order valence-electron chi connectivity index (χ1n) is 8.65. The molecule has 0 bridgehead atoms. The number of carbonyl (C=O) groups is 2. The molecule has 1 saturated heterocycles. The van der Waals surface area contributed by atoms with Crippen LogP contribution in [-0.2, 0) is 15.0 Å². The Bertz CT molecular complexity index is 635. The number of carboxylic acids is 1. The third-order valence-corrected chi connectivity index (χ3v) is 5.80. The maximum atomic E-state index is 13.2. The topological polar surface area (TPSA) is 66.8 Å². The van der Waals surface area contributed by atoms with Crippen molar-refractivity contribution in [3.8, 4) is 5.75 Å². The fourth-order valence-corrected chi connectivity index (χ4v) is 3.88. The predicted octanol–water partition coefficient (Wildman–Crippen LogP) is 2.83. The molecule has 130 valence electrons. The van der Waals surface area contributed by atoms with Crippen molar-refractivity contribution < 1.29 is 19.4 Å². The molecule has 1 aliphatic carbocycles. The molecular formula is C19H25NO4. The molecule has 5 nitrogen and oxygen atoms in total. The minimum absolute atomic E-state index is 0.0893. The Morgan fingerprint density at radius 2 is 1.88 bits per heavy atom. The van der Waals surface area contributed by atoms with Gasteiger partial charge in [0.25, 0.3) is 0 Å². The van der Waals surface area contributed by atoms with Crippen molar-refractivity contribution in [1.29, 1.82) is 0 Å². The van der Waals surface area contributed by atoms with Crippen LogP contribution < -0.4 is 4.74 Å². The van der Waals surface area contributed by atoms with E-state index < -0.39 is 16.8 Å². The van der Waals surface area contributed by atoms with Crippen LogP contribution >= 0.6 is 0 Å². The number of carbonyl (C=O) groups excluding carboxylic acids is 1. The van der Waals surface area contributed by atoms with E-state index in [2.05, 4.69) is 0 Å². The molecule has 3 rings (SSSR count). The highest BCUT2D eigenvalue weighted by Gasteiger charge is 2.54. The number of piperidine rings is 1. The molecule has 0 spiro atoms. The third kappa shape index (κ3) is 2.66. The van der Waals surface area contributed by atoms with Crippen LogP contribution in [0.5, 0.6) is 5.75 Å². The summed E-state index contributed by atoms with van der Waals surface area (Å²) in [5.74, 6) is 0.0825. The average molecular weight is 331 g/mol. The second-order valence-corrected chi connectivity index (χ2v) is 7.08. The van der Waals surface area contributed by atoms with Crippen LogP contribution in [0.1, 0.15) is 44.6 Å². The van der Waals surface area contributed by atoms with E-state index in [9.17, 15) is 14.7 Å². The summed E-state index contributed by atoms with van der Waals surface area (Å²) in [4.78, 5) is 26.7. The molecule has 1 amide bonds. The lowest BCUT2D eigenvalue weighted by Crippen LogP contribution is -2.52. The van der Waals surface area contributed by atoms with Crippen molar-refractivity contribution in [2.45, 2.75) is 44.4 Å². The van der Waals surface area contributed by atoms with E-state index in [-0.39, 0.29) is 5.91 Å². The molecule has 1 atom stereocenters. The lowest BCUT2D eigenvalue weighted by atomic mass is 9.77. The van der Waals surface area contributed by atoms with Gasteiger partial charge in [0.15, 0.2) is 0 Å². The van der Waals surface area contributed by atoms with Crippen LogP contribution in [0.3, 0.4) is 0 Å². The van der Waals surface area contributed by atoms with E-state index in [0.717, 1.165) is 30.6 Å². The Kier molecular flexibility index (Phi) is 4.28. The third-order valence-electron chi connectivity index (χ3n) is 5.80. The van der Waals surface area contributed by atoms with Gasteiger partial charge < -0.3 is 14.7 Å². The molecule has 1 heterocycles. The SMILES string of the molecule is CC[C@@]1(C(=O)O)CCCN(C(=O)C2(c3ccc(OC)cc3)CC2)C1. The van der Waals surface area contributed by atoms with Gasteiger partial charge in [0.05, 0.1) is 17.9 Å². The van der Waals surface area contributed by atoms with Gasteiger partial charge in [-0.25, -0.2) is 0 Å². The molecule has 1 N–H and O–H groups in total. The Morgan fingerprint density at radius 3 is 2.38 bits per heavy atom. The number of hydrogen-bond donors (Lipinski definition) is 1. The first-order chi connectivity index (χ1) is 11.5. The molecule has 2 aliphatic rings. The highest BCUT2D eigenvalue weighted by Crippen LogP contribution is 2.50. The smallest absolute Gasteiger partial charge is 0.311 e. The summed E-state index contributed by atoms with van der Waals surface area (Å²) in [6.07, 6.45) is 3.63. The van der Waals surface area contributed by atoms with Crippen molar-refractivity contribution in [3.63, 3.8) is 0 Å². The Labute approximate surface area is 142 Å². The van der Waals surface area contributed by atoms with Crippen LogP contribution in [0.2, 0.25) is 0 Å². The molecule has 24 heavy (non-hydrogen) atoms. The highest BCUT2D eigenvalue weighted by atomic mass is 16.5. The molecule has 0 unspecified atom stereocenters. The lowest BCUT2D eigenvalue weighted by molar-refractivity contribution is -0.155. The molecule has 1 aliphatic heterocycles. The second kappa shape index (κ2) is 6.11. The Hall–Kier alpha value is -2.04. The predicted molar refractivity (Wildman–Crippen MR) is 90.1 cm³/mol. The van der Waals surface area contributed by atoms with Gasteiger partial charge in [-0.1, -0.05) is 19.1 Å². The van der Waals surface area contributed by atoms with Crippen molar-refractivity contribution >= 4 is 11.9 Å². The number of methoxy groups -OCH3 is 1. The fourth-order valence-electron chi connectivity index (χ4n) is 3.88. The first-order valence-corrected chi connectivity index (χ1v) is 8.65. The minimum Gasteiger partial charge on any atom is -0.497 e. The summed E-state index contributed by atoms with van der Waals surface area (Å²) >= 11 is 0. The number of likely N-dealkylation sites (tertiary alicyclic amines) is 1. The summed E-state index contributed by atoms with van der Waals surface area (Å²) < 4.78 is 5.19. The quantitative estimate of drug-likeness (QED) is 0.901. The maximum Gasteiger partial charge on any atom is 0.311 e. The number of rotatable bonds is 5. The van der Waals surface area contributed by atoms with Gasteiger partial charge in [0.2, 0.25) is 5.91 Å². The Balaban J connectivity index is 1.81. The largest absolute Gasteiger partial charge is 0.497 e. The average Bonchev–Trinajstić information content (AvgIpc) is 3.43. The molecule has 1 aromatic carbocycles. The Morgan fingerprint density at radius 1 is 1.21 bits per heavy atom. The van der Waals surface area contributed by atoms with E-state index >= 15 is 0 Å². The summed E-state index contributed by atoms with van der Waals surface area (Å²) in [5, 5.41) is 9.63. The number of ether oxygens (including phenoxy) is 1. The van der Waals surface area contributed by atoms with Crippen LogP contribution in [0.4, 0.5) is 0 Å². The van der Waals surface area contributed by atoms with Crippen molar-refractivity contribution in [3.05, 3.63) is 29.8 Å². The van der Waals surface area contributed by atoms with Gasteiger partial charge in [-0.3, -0.25) is 9.59 Å². The normalized spacial score (nSPS) is 25.2. The van der Waals surface area contributed by atoms with Crippen molar-refractivity contribution in [2.75, 3.05) is 20.2 Å². The standard InChI is InChI=1S/C19H25NO4/c1-3-18(17(22)23)9-4-12-20(13-18)16(21)19(10-11-19)14-5-7-15(24-2)8-6-14/h5-8H,3-4,9-13H2,1-2H3,(H,22,23)/t18-/m1/s1. The van der Waals surface area contributed by atoms with Crippen LogP contribution in [-0.4, -0.2) is 42.1 Å². The van der Waals surface area contributed by atoms with E-state index in [0.29, 0.717) is 25.9 Å². The zero-order chi connectivity index (χ0) is 17.4. The number of amides is 1. The summed E-state index contributed by atoms with van der Waals surface area (Å²) in [7, 11) is 1.62. The molecule has 2 fully saturated rings. The van der Waals surface area contributed by atoms with Gasteiger partial charge in [0, 0.05) is 13.1 Å². The van der Waals surface area contributed by atoms with Gasteiger partial charge in [-0.15, -0.1) is 0 Å². The monoisotopic (exact) mass is 331 g/mol. The van der Waals surface area contributed by atoms with E-state index in [1.54, 1.807) is 12.0 Å². The lowest BCUT2D eigenvalue weighted by Gasteiger charge is -2.41. The van der Waals surface area contributed by atoms with Gasteiger partial charge >= 0.3 is 5.97 Å².